The molecule has 0 aliphatic carbocycles. The van der Waals surface area contributed by atoms with Gasteiger partial charge in [0, 0.05) is 32.1 Å². The van der Waals surface area contributed by atoms with Gasteiger partial charge in [-0.3, -0.25) is 4.79 Å². The van der Waals surface area contributed by atoms with Crippen molar-refractivity contribution in [3.63, 3.8) is 0 Å². The van der Waals surface area contributed by atoms with Crippen LogP contribution >= 0.6 is 0 Å². The molecular formula is C19H28N2O4S. The van der Waals surface area contributed by atoms with Crippen molar-refractivity contribution in [2.45, 2.75) is 44.0 Å². The van der Waals surface area contributed by atoms with Crippen molar-refractivity contribution in [1.82, 2.24) is 9.21 Å². The second kappa shape index (κ2) is 7.56. The van der Waals surface area contributed by atoms with Crippen LogP contribution in [0.5, 0.6) is 5.75 Å². The molecule has 144 valence electrons. The van der Waals surface area contributed by atoms with Gasteiger partial charge in [0.2, 0.25) is 15.9 Å². The molecule has 2 aliphatic rings. The Balaban J connectivity index is 1.80. The molecule has 0 saturated carbocycles. The van der Waals surface area contributed by atoms with E-state index in [0.29, 0.717) is 37.7 Å². The summed E-state index contributed by atoms with van der Waals surface area (Å²) in [5, 5.41) is 0. The van der Waals surface area contributed by atoms with Crippen molar-refractivity contribution in [2.75, 3.05) is 26.7 Å². The SMILES string of the molecule is COc1ccc(S(=O)(=O)N2CCC[C@@H]3CN(C(=O)CC(C)C)C[C@@H]32)cc1. The van der Waals surface area contributed by atoms with E-state index in [1.807, 2.05) is 18.7 Å². The summed E-state index contributed by atoms with van der Waals surface area (Å²) in [4.78, 5) is 14.6. The van der Waals surface area contributed by atoms with Crippen LogP contribution < -0.4 is 4.74 Å². The second-order valence-electron chi connectivity index (χ2n) is 7.66. The molecule has 6 nitrogen and oxygen atoms in total. The highest BCUT2D eigenvalue weighted by Crippen LogP contribution is 2.35. The van der Waals surface area contributed by atoms with Gasteiger partial charge in [0.05, 0.1) is 12.0 Å². The Morgan fingerprint density at radius 1 is 1.23 bits per heavy atom. The minimum atomic E-state index is -3.57. The number of rotatable bonds is 5. The van der Waals surface area contributed by atoms with E-state index in [9.17, 15) is 13.2 Å². The van der Waals surface area contributed by atoms with Crippen LogP contribution in [0.25, 0.3) is 0 Å². The maximum Gasteiger partial charge on any atom is 0.243 e. The number of piperidine rings is 1. The van der Waals surface area contributed by atoms with Gasteiger partial charge in [-0.15, -0.1) is 0 Å². The number of methoxy groups -OCH3 is 1. The lowest BCUT2D eigenvalue weighted by molar-refractivity contribution is -0.131. The Bertz CT molecular complexity index is 745. The van der Waals surface area contributed by atoms with Gasteiger partial charge < -0.3 is 9.64 Å². The fraction of sp³-hybridized carbons (Fsp3) is 0.632. The zero-order chi connectivity index (χ0) is 18.9. The fourth-order valence-corrected chi connectivity index (χ4v) is 5.72. The molecule has 2 heterocycles. The van der Waals surface area contributed by atoms with Gasteiger partial charge in [-0.2, -0.15) is 4.31 Å². The smallest absolute Gasteiger partial charge is 0.243 e. The summed E-state index contributed by atoms with van der Waals surface area (Å²) in [5.41, 5.74) is 0. The Hall–Kier alpha value is -1.60. The summed E-state index contributed by atoms with van der Waals surface area (Å²) in [6.45, 7) is 5.75. The zero-order valence-corrected chi connectivity index (χ0v) is 16.5. The van der Waals surface area contributed by atoms with Crippen LogP contribution in [0.15, 0.2) is 29.2 Å². The molecule has 1 aromatic carbocycles. The van der Waals surface area contributed by atoms with E-state index in [1.54, 1.807) is 35.7 Å². The third-order valence-corrected chi connectivity index (χ3v) is 7.27. The van der Waals surface area contributed by atoms with Crippen LogP contribution in [0.4, 0.5) is 0 Å². The van der Waals surface area contributed by atoms with Crippen molar-refractivity contribution < 1.29 is 17.9 Å². The maximum atomic E-state index is 13.2. The molecule has 2 fully saturated rings. The number of benzene rings is 1. The van der Waals surface area contributed by atoms with E-state index in [0.717, 1.165) is 12.8 Å². The monoisotopic (exact) mass is 380 g/mol. The highest BCUT2D eigenvalue weighted by molar-refractivity contribution is 7.89. The van der Waals surface area contributed by atoms with E-state index in [2.05, 4.69) is 0 Å². The predicted octanol–water partition coefficient (Wildman–Crippen LogP) is 2.35. The van der Waals surface area contributed by atoms with Crippen molar-refractivity contribution in [3.05, 3.63) is 24.3 Å². The van der Waals surface area contributed by atoms with E-state index in [-0.39, 0.29) is 22.8 Å². The molecule has 2 aliphatic heterocycles. The summed E-state index contributed by atoms with van der Waals surface area (Å²) < 4.78 is 33.1. The molecule has 0 radical (unpaired) electrons. The summed E-state index contributed by atoms with van der Waals surface area (Å²) in [6, 6.07) is 6.40. The molecule has 3 rings (SSSR count). The highest BCUT2D eigenvalue weighted by Gasteiger charge is 2.45. The topological polar surface area (TPSA) is 66.9 Å². The van der Waals surface area contributed by atoms with Crippen LogP contribution in [0, 0.1) is 11.8 Å². The molecule has 2 atom stereocenters. The van der Waals surface area contributed by atoms with Gasteiger partial charge in [-0.1, -0.05) is 13.8 Å². The summed E-state index contributed by atoms with van der Waals surface area (Å²) in [7, 11) is -2.02. The van der Waals surface area contributed by atoms with E-state index >= 15 is 0 Å². The average molecular weight is 381 g/mol. The normalized spacial score (nSPS) is 23.9. The van der Waals surface area contributed by atoms with Gasteiger partial charge in [0.1, 0.15) is 5.75 Å². The van der Waals surface area contributed by atoms with Crippen LogP contribution in [-0.2, 0) is 14.8 Å². The van der Waals surface area contributed by atoms with Gasteiger partial charge in [-0.25, -0.2) is 8.42 Å². The van der Waals surface area contributed by atoms with Gasteiger partial charge in [0.25, 0.3) is 0 Å². The zero-order valence-electron chi connectivity index (χ0n) is 15.7. The third kappa shape index (κ3) is 3.74. The summed E-state index contributed by atoms with van der Waals surface area (Å²) >= 11 is 0. The summed E-state index contributed by atoms with van der Waals surface area (Å²) in [5.74, 6) is 1.31. The Morgan fingerprint density at radius 2 is 1.92 bits per heavy atom. The van der Waals surface area contributed by atoms with Crippen molar-refractivity contribution in [2.24, 2.45) is 11.8 Å². The first kappa shape index (κ1) is 19.2. The number of carbonyl (C=O) groups excluding carboxylic acids is 1. The number of carbonyl (C=O) groups is 1. The molecule has 0 unspecified atom stereocenters. The number of nitrogens with zero attached hydrogens (tertiary/aromatic N) is 2. The largest absolute Gasteiger partial charge is 0.497 e. The van der Waals surface area contributed by atoms with Crippen molar-refractivity contribution in [3.8, 4) is 5.75 Å². The fourth-order valence-electron chi connectivity index (χ4n) is 4.00. The highest BCUT2D eigenvalue weighted by atomic mass is 32.2. The van der Waals surface area contributed by atoms with Crippen molar-refractivity contribution in [1.29, 1.82) is 0 Å². The maximum absolute atomic E-state index is 13.2. The predicted molar refractivity (Wildman–Crippen MR) is 99.4 cm³/mol. The standard InChI is InChI=1S/C19H28N2O4S/c1-14(2)11-19(22)20-12-15-5-4-10-21(18(15)13-20)26(23,24)17-8-6-16(25-3)7-9-17/h6-9,14-15,18H,4-5,10-13H2,1-3H3/t15-,18+/m1/s1. The van der Waals surface area contributed by atoms with Gasteiger partial charge in [-0.05, 0) is 48.9 Å². The molecule has 26 heavy (non-hydrogen) atoms. The summed E-state index contributed by atoms with van der Waals surface area (Å²) in [6.07, 6.45) is 2.33. The lowest BCUT2D eigenvalue weighted by atomic mass is 9.94. The van der Waals surface area contributed by atoms with E-state index in [4.69, 9.17) is 4.74 Å². The number of fused-ring (bicyclic) bond motifs is 1. The molecule has 0 N–H and O–H groups in total. The Morgan fingerprint density at radius 3 is 2.54 bits per heavy atom. The first-order valence-electron chi connectivity index (χ1n) is 9.26. The molecule has 1 aromatic rings. The van der Waals surface area contributed by atoms with Crippen LogP contribution in [0.1, 0.15) is 33.1 Å². The van der Waals surface area contributed by atoms with Crippen molar-refractivity contribution >= 4 is 15.9 Å². The molecule has 0 aromatic heterocycles. The minimum absolute atomic E-state index is 0.119. The second-order valence-corrected chi connectivity index (χ2v) is 9.55. The minimum Gasteiger partial charge on any atom is -0.497 e. The lowest BCUT2D eigenvalue weighted by Crippen LogP contribution is -2.48. The Kier molecular flexibility index (Phi) is 5.58. The number of hydrogen-bond donors (Lipinski definition) is 0. The van der Waals surface area contributed by atoms with Gasteiger partial charge >= 0.3 is 0 Å². The number of ether oxygens (including phenoxy) is 1. The number of sulfonamides is 1. The van der Waals surface area contributed by atoms with E-state index in [1.165, 1.54) is 0 Å². The quantitative estimate of drug-likeness (QED) is 0.786. The van der Waals surface area contributed by atoms with E-state index < -0.39 is 10.0 Å². The third-order valence-electron chi connectivity index (χ3n) is 5.33. The van der Waals surface area contributed by atoms with Gasteiger partial charge in [0.15, 0.2) is 0 Å². The molecular weight excluding hydrogens is 352 g/mol. The van der Waals surface area contributed by atoms with Crippen LogP contribution in [-0.4, -0.2) is 56.3 Å². The number of amides is 1. The molecule has 2 saturated heterocycles. The average Bonchev–Trinajstić information content (AvgIpc) is 3.05. The molecule has 1 amide bonds. The lowest BCUT2D eigenvalue weighted by Gasteiger charge is -2.35. The number of hydrogen-bond acceptors (Lipinski definition) is 4. The number of likely N-dealkylation sites (tertiary alicyclic amines) is 1. The van der Waals surface area contributed by atoms with Crippen LogP contribution in [0.3, 0.4) is 0 Å². The first-order valence-corrected chi connectivity index (χ1v) is 10.7. The molecule has 7 heteroatoms. The molecule has 0 bridgehead atoms. The van der Waals surface area contributed by atoms with Crippen LogP contribution in [0.2, 0.25) is 0 Å². The Labute approximate surface area is 156 Å². The molecule has 0 spiro atoms. The first-order chi connectivity index (χ1) is 12.3.